The highest BCUT2D eigenvalue weighted by atomic mass is 19.1. The molecule has 1 aliphatic carbocycles. The largest absolute Gasteiger partial charge is 0.350 e. The molecular weight excluding hydrogens is 267 g/mol. The van der Waals surface area contributed by atoms with Crippen molar-refractivity contribution in [3.8, 4) is 0 Å². The highest BCUT2D eigenvalue weighted by Gasteiger charge is 2.24. The zero-order chi connectivity index (χ0) is 15.4. The van der Waals surface area contributed by atoms with Crippen LogP contribution in [-0.4, -0.2) is 11.9 Å². The summed E-state index contributed by atoms with van der Waals surface area (Å²) in [7, 11) is 0. The monoisotopic (exact) mass is 292 g/mol. The molecule has 1 aromatic rings. The highest BCUT2D eigenvalue weighted by Crippen LogP contribution is 2.26. The van der Waals surface area contributed by atoms with E-state index in [4.69, 9.17) is 5.73 Å². The Balaban J connectivity index is 1.90. The third-order valence-corrected chi connectivity index (χ3v) is 4.49. The first kappa shape index (κ1) is 16.0. The summed E-state index contributed by atoms with van der Waals surface area (Å²) in [6, 6.07) is 5.04. The summed E-state index contributed by atoms with van der Waals surface area (Å²) < 4.78 is 13.6. The molecule has 0 spiro atoms. The second-order valence-electron chi connectivity index (χ2n) is 6.21. The van der Waals surface area contributed by atoms with Crippen LogP contribution in [-0.2, 0) is 4.79 Å². The highest BCUT2D eigenvalue weighted by molar-refractivity contribution is 5.76. The molecule has 3 atom stereocenters. The van der Waals surface area contributed by atoms with E-state index >= 15 is 0 Å². The molecule has 116 valence electrons. The molecule has 1 aliphatic rings. The number of rotatable bonds is 4. The fourth-order valence-corrected chi connectivity index (χ4v) is 2.99. The number of aryl methyl sites for hydroxylation is 1. The van der Waals surface area contributed by atoms with Gasteiger partial charge in [-0.25, -0.2) is 4.39 Å². The van der Waals surface area contributed by atoms with Crippen LogP contribution in [0.3, 0.4) is 0 Å². The van der Waals surface area contributed by atoms with Crippen molar-refractivity contribution in [1.82, 2.24) is 5.32 Å². The first-order valence-corrected chi connectivity index (χ1v) is 7.78. The zero-order valence-electron chi connectivity index (χ0n) is 12.9. The summed E-state index contributed by atoms with van der Waals surface area (Å²) in [5.74, 6) is 0.0504. The fourth-order valence-electron chi connectivity index (χ4n) is 2.99. The number of amides is 1. The molecule has 1 saturated carbocycles. The van der Waals surface area contributed by atoms with E-state index in [0.29, 0.717) is 12.0 Å². The van der Waals surface area contributed by atoms with Crippen LogP contribution in [0.4, 0.5) is 4.39 Å². The third kappa shape index (κ3) is 4.27. The quantitative estimate of drug-likeness (QED) is 0.895. The van der Waals surface area contributed by atoms with Crippen molar-refractivity contribution < 1.29 is 9.18 Å². The Morgan fingerprint density at radius 1 is 1.43 bits per heavy atom. The van der Waals surface area contributed by atoms with Gasteiger partial charge in [0.25, 0.3) is 0 Å². The van der Waals surface area contributed by atoms with Crippen LogP contribution >= 0.6 is 0 Å². The lowest BCUT2D eigenvalue weighted by Crippen LogP contribution is -2.37. The Bertz CT molecular complexity index is 504. The second kappa shape index (κ2) is 7.03. The van der Waals surface area contributed by atoms with Gasteiger partial charge < -0.3 is 11.1 Å². The molecule has 0 saturated heterocycles. The number of nitrogens with one attached hydrogen (secondary N) is 1. The van der Waals surface area contributed by atoms with Crippen LogP contribution in [0.2, 0.25) is 0 Å². The Morgan fingerprint density at radius 2 is 2.14 bits per heavy atom. The van der Waals surface area contributed by atoms with E-state index in [9.17, 15) is 9.18 Å². The van der Waals surface area contributed by atoms with E-state index in [2.05, 4.69) is 5.32 Å². The molecule has 0 aromatic heterocycles. The van der Waals surface area contributed by atoms with E-state index in [-0.39, 0.29) is 29.7 Å². The van der Waals surface area contributed by atoms with Gasteiger partial charge in [0.15, 0.2) is 0 Å². The maximum atomic E-state index is 13.6. The lowest BCUT2D eigenvalue weighted by Gasteiger charge is -2.28. The van der Waals surface area contributed by atoms with Crippen LogP contribution in [0.1, 0.15) is 56.2 Å². The van der Waals surface area contributed by atoms with Gasteiger partial charge in [0.2, 0.25) is 5.91 Å². The minimum Gasteiger partial charge on any atom is -0.350 e. The summed E-state index contributed by atoms with van der Waals surface area (Å²) in [4.78, 5) is 12.1. The van der Waals surface area contributed by atoms with Crippen molar-refractivity contribution >= 4 is 5.91 Å². The van der Waals surface area contributed by atoms with Gasteiger partial charge in [-0.2, -0.15) is 0 Å². The van der Waals surface area contributed by atoms with Gasteiger partial charge in [-0.15, -0.1) is 0 Å². The van der Waals surface area contributed by atoms with E-state index in [1.54, 1.807) is 13.0 Å². The second-order valence-corrected chi connectivity index (χ2v) is 6.21. The number of halogens is 1. The van der Waals surface area contributed by atoms with Crippen molar-refractivity contribution in [2.24, 2.45) is 11.7 Å². The van der Waals surface area contributed by atoms with E-state index in [1.807, 2.05) is 13.0 Å². The van der Waals surface area contributed by atoms with Crippen LogP contribution in [0.5, 0.6) is 0 Å². The van der Waals surface area contributed by atoms with Crippen molar-refractivity contribution in [3.63, 3.8) is 0 Å². The van der Waals surface area contributed by atoms with Crippen LogP contribution in [0.15, 0.2) is 18.2 Å². The molecule has 1 aromatic carbocycles. The molecule has 1 fully saturated rings. The van der Waals surface area contributed by atoms with Crippen molar-refractivity contribution in [2.45, 2.75) is 58.0 Å². The number of hydrogen-bond donors (Lipinski definition) is 2. The van der Waals surface area contributed by atoms with Crippen LogP contribution in [0, 0.1) is 18.7 Å². The van der Waals surface area contributed by atoms with Gasteiger partial charge in [0.1, 0.15) is 5.82 Å². The van der Waals surface area contributed by atoms with Gasteiger partial charge in [-0.3, -0.25) is 4.79 Å². The molecule has 1 amide bonds. The molecule has 4 heteroatoms. The van der Waals surface area contributed by atoms with E-state index < -0.39 is 0 Å². The first-order chi connectivity index (χ1) is 9.97. The molecule has 0 bridgehead atoms. The number of hydrogen-bond acceptors (Lipinski definition) is 2. The number of carbonyl (C=O) groups excluding carboxylic acids is 1. The first-order valence-electron chi connectivity index (χ1n) is 7.78. The van der Waals surface area contributed by atoms with Gasteiger partial charge in [-0.05, 0) is 49.8 Å². The number of carbonyl (C=O) groups is 1. The summed E-state index contributed by atoms with van der Waals surface area (Å²) in [6.45, 7) is 3.61. The van der Waals surface area contributed by atoms with Gasteiger partial charge in [-0.1, -0.05) is 25.0 Å². The molecule has 0 heterocycles. The average Bonchev–Trinajstić information content (AvgIpc) is 2.44. The zero-order valence-corrected chi connectivity index (χ0v) is 12.9. The predicted octanol–water partition coefficient (Wildman–Crippen LogP) is 3.22. The predicted molar refractivity (Wildman–Crippen MR) is 82.2 cm³/mol. The fraction of sp³-hybridized carbons (Fsp3) is 0.588. The maximum absolute atomic E-state index is 13.6. The minimum atomic E-state index is -0.233. The summed E-state index contributed by atoms with van der Waals surface area (Å²) in [5.41, 5.74) is 7.48. The third-order valence-electron chi connectivity index (χ3n) is 4.49. The van der Waals surface area contributed by atoms with E-state index in [0.717, 1.165) is 24.8 Å². The van der Waals surface area contributed by atoms with Crippen molar-refractivity contribution in [2.75, 3.05) is 0 Å². The Hall–Kier alpha value is -1.42. The topological polar surface area (TPSA) is 55.1 Å². The summed E-state index contributed by atoms with van der Waals surface area (Å²) >= 11 is 0. The maximum Gasteiger partial charge on any atom is 0.220 e. The molecule has 21 heavy (non-hydrogen) atoms. The van der Waals surface area contributed by atoms with Crippen molar-refractivity contribution in [1.29, 1.82) is 0 Å². The van der Waals surface area contributed by atoms with Gasteiger partial charge in [0, 0.05) is 12.5 Å². The standard InChI is InChI=1S/C17H25FN2O/c1-11-7-8-13(9-15(11)18)12(2)20-17(21)10-14-5-3-4-6-16(14)19/h7-9,12,14,16H,3-6,10,19H2,1-2H3,(H,20,21). The molecule has 0 aliphatic heterocycles. The molecule has 0 radical (unpaired) electrons. The SMILES string of the molecule is Cc1ccc(C(C)NC(=O)CC2CCCCC2N)cc1F. The van der Waals surface area contributed by atoms with E-state index in [1.165, 1.54) is 12.5 Å². The minimum absolute atomic E-state index is 0.00540. The van der Waals surface area contributed by atoms with Crippen molar-refractivity contribution in [3.05, 3.63) is 35.1 Å². The molecule has 3 N–H and O–H groups in total. The molecule has 2 rings (SSSR count). The lowest BCUT2D eigenvalue weighted by atomic mass is 9.83. The Kier molecular flexibility index (Phi) is 5.34. The van der Waals surface area contributed by atoms with Crippen LogP contribution < -0.4 is 11.1 Å². The van der Waals surface area contributed by atoms with Gasteiger partial charge in [0.05, 0.1) is 6.04 Å². The molecule has 3 nitrogen and oxygen atoms in total. The lowest BCUT2D eigenvalue weighted by molar-refractivity contribution is -0.123. The van der Waals surface area contributed by atoms with Gasteiger partial charge >= 0.3 is 0 Å². The molecule has 3 unspecified atom stereocenters. The number of benzene rings is 1. The number of nitrogens with two attached hydrogens (primary N) is 1. The Morgan fingerprint density at radius 3 is 2.81 bits per heavy atom. The average molecular weight is 292 g/mol. The molecular formula is C17H25FN2O. The summed E-state index contributed by atoms with van der Waals surface area (Å²) in [5, 5.41) is 2.95. The Labute approximate surface area is 126 Å². The summed E-state index contributed by atoms with van der Waals surface area (Å²) in [6.07, 6.45) is 4.83. The van der Waals surface area contributed by atoms with Crippen LogP contribution in [0.25, 0.3) is 0 Å². The smallest absolute Gasteiger partial charge is 0.220 e. The normalized spacial score (nSPS) is 23.6.